The summed E-state index contributed by atoms with van der Waals surface area (Å²) in [5.41, 5.74) is 1.08. The molecule has 0 bridgehead atoms. The number of hydrogen-bond donors (Lipinski definition) is 0. The number of hydrogen-bond acceptors (Lipinski definition) is 1. The lowest BCUT2D eigenvalue weighted by Gasteiger charge is -2.14. The highest BCUT2D eigenvalue weighted by Crippen LogP contribution is 2.50. The van der Waals surface area contributed by atoms with Crippen LogP contribution in [0.5, 0.6) is 0 Å². The van der Waals surface area contributed by atoms with E-state index in [0.29, 0.717) is 5.92 Å². The molecule has 1 fully saturated rings. The lowest BCUT2D eigenvalue weighted by Crippen LogP contribution is -2.13. The van der Waals surface area contributed by atoms with Gasteiger partial charge in [-0.05, 0) is 36.8 Å². The fraction of sp³-hybridized carbons (Fsp3) is 0.600. The molecular formula is C10H11F3O. The molecule has 2 rings (SSSR count). The summed E-state index contributed by atoms with van der Waals surface area (Å²) in [4.78, 5) is 0. The van der Waals surface area contributed by atoms with Crippen molar-refractivity contribution in [2.24, 2.45) is 11.8 Å². The monoisotopic (exact) mass is 204 g/mol. The van der Waals surface area contributed by atoms with Crippen molar-refractivity contribution in [3.8, 4) is 0 Å². The van der Waals surface area contributed by atoms with Crippen LogP contribution in [-0.4, -0.2) is 6.36 Å². The van der Waals surface area contributed by atoms with Gasteiger partial charge in [-0.2, -0.15) is 0 Å². The second-order valence-electron chi connectivity index (χ2n) is 3.70. The number of allylic oxidation sites excluding steroid dienone is 3. The molecule has 1 saturated carbocycles. The fourth-order valence-electron chi connectivity index (χ4n) is 1.94. The van der Waals surface area contributed by atoms with E-state index in [9.17, 15) is 13.2 Å². The predicted molar refractivity (Wildman–Crippen MR) is 45.2 cm³/mol. The van der Waals surface area contributed by atoms with E-state index in [2.05, 4.69) is 4.74 Å². The molecule has 0 radical (unpaired) electrons. The lowest BCUT2D eigenvalue weighted by atomic mass is 10.0. The smallest absolute Gasteiger partial charge is 0.406 e. The van der Waals surface area contributed by atoms with E-state index in [0.717, 1.165) is 18.4 Å². The van der Waals surface area contributed by atoms with E-state index in [1.165, 1.54) is 6.08 Å². The average Bonchev–Trinajstić information content (AvgIpc) is 2.78. The van der Waals surface area contributed by atoms with Gasteiger partial charge in [-0.15, -0.1) is 13.2 Å². The van der Waals surface area contributed by atoms with E-state index < -0.39 is 6.36 Å². The van der Waals surface area contributed by atoms with Gasteiger partial charge in [-0.1, -0.05) is 12.5 Å². The van der Waals surface area contributed by atoms with Crippen LogP contribution in [0.15, 0.2) is 23.5 Å². The Labute approximate surface area is 80.2 Å². The van der Waals surface area contributed by atoms with E-state index in [-0.39, 0.29) is 11.7 Å². The van der Waals surface area contributed by atoms with Gasteiger partial charge in [-0.3, -0.25) is 0 Å². The lowest BCUT2D eigenvalue weighted by molar-refractivity contribution is -0.303. The minimum absolute atomic E-state index is 0.0342. The zero-order valence-corrected chi connectivity index (χ0v) is 7.77. The maximum atomic E-state index is 11.9. The fourth-order valence-corrected chi connectivity index (χ4v) is 1.94. The molecule has 0 amide bonds. The number of fused-ring (bicyclic) bond motifs is 1. The van der Waals surface area contributed by atoms with Crippen molar-refractivity contribution in [1.82, 2.24) is 0 Å². The van der Waals surface area contributed by atoms with Crippen molar-refractivity contribution in [2.45, 2.75) is 26.1 Å². The van der Waals surface area contributed by atoms with Crippen LogP contribution >= 0.6 is 0 Å². The molecule has 0 aromatic heterocycles. The van der Waals surface area contributed by atoms with Crippen LogP contribution in [0, 0.1) is 11.8 Å². The van der Waals surface area contributed by atoms with Gasteiger partial charge in [0.2, 0.25) is 0 Å². The Balaban J connectivity index is 2.10. The summed E-state index contributed by atoms with van der Waals surface area (Å²) in [7, 11) is 0. The first kappa shape index (κ1) is 9.62. The van der Waals surface area contributed by atoms with Crippen molar-refractivity contribution in [2.75, 3.05) is 0 Å². The minimum Gasteiger partial charge on any atom is -0.406 e. The van der Waals surface area contributed by atoms with Gasteiger partial charge in [0.15, 0.2) is 0 Å². The Bertz CT molecular complexity index is 301. The third-order valence-electron chi connectivity index (χ3n) is 2.66. The summed E-state index contributed by atoms with van der Waals surface area (Å²) >= 11 is 0. The number of rotatable bonds is 2. The Morgan fingerprint density at radius 1 is 1.50 bits per heavy atom. The molecule has 2 unspecified atom stereocenters. The van der Waals surface area contributed by atoms with E-state index in [1.807, 2.05) is 6.92 Å². The zero-order chi connectivity index (χ0) is 10.3. The molecule has 0 aromatic rings. The molecule has 14 heavy (non-hydrogen) atoms. The summed E-state index contributed by atoms with van der Waals surface area (Å²) in [6.45, 7) is 1.96. The van der Waals surface area contributed by atoms with E-state index in [1.54, 1.807) is 6.08 Å². The molecule has 1 nitrogen and oxygen atoms in total. The summed E-state index contributed by atoms with van der Waals surface area (Å²) in [6.07, 6.45) is 0.325. The topological polar surface area (TPSA) is 9.23 Å². The van der Waals surface area contributed by atoms with Crippen molar-refractivity contribution in [3.63, 3.8) is 0 Å². The molecule has 0 N–H and O–H groups in total. The molecule has 2 aliphatic rings. The highest BCUT2D eigenvalue weighted by Gasteiger charge is 2.42. The third kappa shape index (κ3) is 1.94. The Kier molecular flexibility index (Phi) is 2.09. The number of alkyl halides is 3. The number of ether oxygens (including phenoxy) is 1. The molecule has 2 aliphatic carbocycles. The van der Waals surface area contributed by atoms with Gasteiger partial charge in [0.1, 0.15) is 5.76 Å². The summed E-state index contributed by atoms with van der Waals surface area (Å²) < 4.78 is 39.7. The van der Waals surface area contributed by atoms with Gasteiger partial charge in [0.05, 0.1) is 0 Å². The van der Waals surface area contributed by atoms with Crippen molar-refractivity contribution >= 4 is 0 Å². The Morgan fingerprint density at radius 2 is 2.21 bits per heavy atom. The first-order chi connectivity index (χ1) is 6.49. The van der Waals surface area contributed by atoms with Crippen molar-refractivity contribution < 1.29 is 17.9 Å². The molecule has 0 aliphatic heterocycles. The maximum absolute atomic E-state index is 11.9. The van der Waals surface area contributed by atoms with Crippen LogP contribution in [-0.2, 0) is 4.74 Å². The van der Waals surface area contributed by atoms with Gasteiger partial charge in [-0.25, -0.2) is 0 Å². The SMILES string of the molecule is CCC1=CC(OC(F)(F)F)=CC2CC12. The van der Waals surface area contributed by atoms with Gasteiger partial charge >= 0.3 is 6.36 Å². The largest absolute Gasteiger partial charge is 0.573 e. The molecule has 0 heterocycles. The molecule has 0 spiro atoms. The quantitative estimate of drug-likeness (QED) is 0.669. The molecule has 4 heteroatoms. The highest BCUT2D eigenvalue weighted by atomic mass is 19.4. The maximum Gasteiger partial charge on any atom is 0.573 e. The summed E-state index contributed by atoms with van der Waals surface area (Å²) in [5, 5.41) is 0. The van der Waals surface area contributed by atoms with Crippen molar-refractivity contribution in [3.05, 3.63) is 23.5 Å². The van der Waals surface area contributed by atoms with Crippen LogP contribution in [0.1, 0.15) is 19.8 Å². The average molecular weight is 204 g/mol. The summed E-state index contributed by atoms with van der Waals surface area (Å²) in [6, 6.07) is 0. The molecule has 2 atom stereocenters. The standard InChI is InChI=1S/C10H11F3O/c1-2-6-3-8(14-10(11,12)13)4-7-5-9(6)7/h3-4,7,9H,2,5H2,1H3. The van der Waals surface area contributed by atoms with Gasteiger partial charge in [0, 0.05) is 0 Å². The second kappa shape index (κ2) is 3.04. The Hall–Kier alpha value is -0.930. The third-order valence-corrected chi connectivity index (χ3v) is 2.66. The molecule has 0 aromatic carbocycles. The first-order valence-electron chi connectivity index (χ1n) is 4.67. The van der Waals surface area contributed by atoms with Gasteiger partial charge in [0.25, 0.3) is 0 Å². The second-order valence-corrected chi connectivity index (χ2v) is 3.70. The molecule has 0 saturated heterocycles. The normalized spacial score (nSPS) is 30.3. The zero-order valence-electron chi connectivity index (χ0n) is 7.77. The molecular weight excluding hydrogens is 193 g/mol. The minimum atomic E-state index is -4.57. The van der Waals surface area contributed by atoms with Crippen LogP contribution in [0.4, 0.5) is 13.2 Å². The van der Waals surface area contributed by atoms with Crippen LogP contribution < -0.4 is 0 Å². The van der Waals surface area contributed by atoms with E-state index in [4.69, 9.17) is 0 Å². The van der Waals surface area contributed by atoms with Crippen LogP contribution in [0.2, 0.25) is 0 Å². The van der Waals surface area contributed by atoms with Gasteiger partial charge < -0.3 is 4.74 Å². The summed E-state index contributed by atoms with van der Waals surface area (Å²) in [5.74, 6) is 0.737. The van der Waals surface area contributed by atoms with Crippen LogP contribution in [0.3, 0.4) is 0 Å². The van der Waals surface area contributed by atoms with E-state index >= 15 is 0 Å². The first-order valence-corrected chi connectivity index (χ1v) is 4.67. The predicted octanol–water partition coefficient (Wildman–Crippen LogP) is 3.39. The Morgan fingerprint density at radius 3 is 2.79 bits per heavy atom. The highest BCUT2D eigenvalue weighted by molar-refractivity contribution is 5.33. The van der Waals surface area contributed by atoms with Crippen LogP contribution in [0.25, 0.3) is 0 Å². The van der Waals surface area contributed by atoms with Crippen molar-refractivity contribution in [1.29, 1.82) is 0 Å². The molecule has 78 valence electrons. The number of halogens is 3.